The molecule has 16 heavy (non-hydrogen) atoms. The molecule has 0 saturated heterocycles. The lowest BCUT2D eigenvalue weighted by Gasteiger charge is -2.12. The summed E-state index contributed by atoms with van der Waals surface area (Å²) in [4.78, 5) is 2.73. The van der Waals surface area contributed by atoms with E-state index in [9.17, 15) is 0 Å². The average Bonchev–Trinajstić information content (AvgIpc) is 2.90. The Morgan fingerprint density at radius 2 is 2.25 bits per heavy atom. The smallest absolute Gasteiger partial charge is 0.174 e. The highest BCUT2D eigenvalue weighted by Gasteiger charge is 2.18. The van der Waals surface area contributed by atoms with E-state index in [0.717, 1.165) is 16.7 Å². The fourth-order valence-corrected chi connectivity index (χ4v) is 3.25. The molecule has 86 valence electrons. The minimum absolute atomic E-state index is 0.207. The van der Waals surface area contributed by atoms with E-state index in [1.54, 1.807) is 6.26 Å². The molecule has 0 aliphatic heterocycles. The van der Waals surface area contributed by atoms with Gasteiger partial charge in [0, 0.05) is 15.3 Å². The van der Waals surface area contributed by atoms with E-state index in [2.05, 4.69) is 40.3 Å². The fraction of sp³-hybridized carbons (Fsp3) is 0.333. The highest BCUT2D eigenvalue weighted by molar-refractivity contribution is 9.10. The molecule has 1 unspecified atom stereocenters. The van der Waals surface area contributed by atoms with Crippen LogP contribution in [0.3, 0.4) is 0 Å². The molecule has 0 fully saturated rings. The van der Waals surface area contributed by atoms with Crippen LogP contribution in [0.5, 0.6) is 0 Å². The van der Waals surface area contributed by atoms with Crippen molar-refractivity contribution in [3.05, 3.63) is 44.4 Å². The van der Waals surface area contributed by atoms with Gasteiger partial charge in [-0.15, -0.1) is 11.3 Å². The van der Waals surface area contributed by atoms with Crippen molar-refractivity contribution in [2.45, 2.75) is 19.4 Å². The standard InChI is InChI=1S/C12H14BrNOS/c1-3-8-4-5-10(16-8)11(14-2)9-6-7-15-12(9)13/h4-7,11,14H,3H2,1-2H3. The Balaban J connectivity index is 2.32. The van der Waals surface area contributed by atoms with E-state index in [1.165, 1.54) is 9.75 Å². The summed E-state index contributed by atoms with van der Waals surface area (Å²) in [7, 11) is 1.97. The zero-order valence-corrected chi connectivity index (χ0v) is 11.7. The highest BCUT2D eigenvalue weighted by atomic mass is 79.9. The van der Waals surface area contributed by atoms with Crippen molar-refractivity contribution in [1.29, 1.82) is 0 Å². The lowest BCUT2D eigenvalue weighted by Crippen LogP contribution is -2.16. The maximum absolute atomic E-state index is 5.28. The Kier molecular flexibility index (Phi) is 3.84. The van der Waals surface area contributed by atoms with Gasteiger partial charge in [-0.2, -0.15) is 0 Å². The van der Waals surface area contributed by atoms with Gasteiger partial charge < -0.3 is 9.73 Å². The highest BCUT2D eigenvalue weighted by Crippen LogP contribution is 2.33. The van der Waals surface area contributed by atoms with Crippen molar-refractivity contribution >= 4 is 27.3 Å². The van der Waals surface area contributed by atoms with Crippen LogP contribution in [-0.2, 0) is 6.42 Å². The van der Waals surface area contributed by atoms with Gasteiger partial charge in [-0.25, -0.2) is 0 Å². The van der Waals surface area contributed by atoms with Crippen LogP contribution in [0.25, 0.3) is 0 Å². The van der Waals surface area contributed by atoms with Gasteiger partial charge in [-0.1, -0.05) is 6.92 Å². The molecule has 1 atom stereocenters. The first-order chi connectivity index (χ1) is 7.76. The molecule has 0 aliphatic rings. The summed E-state index contributed by atoms with van der Waals surface area (Å²) in [5, 5.41) is 3.32. The fourth-order valence-electron chi connectivity index (χ4n) is 1.70. The van der Waals surface area contributed by atoms with E-state index < -0.39 is 0 Å². The second-order valence-electron chi connectivity index (χ2n) is 3.53. The van der Waals surface area contributed by atoms with E-state index >= 15 is 0 Å². The second-order valence-corrected chi connectivity index (χ2v) is 5.45. The molecule has 2 nitrogen and oxygen atoms in total. The lowest BCUT2D eigenvalue weighted by molar-refractivity contribution is 0.531. The first-order valence-corrected chi connectivity index (χ1v) is 6.86. The van der Waals surface area contributed by atoms with Crippen LogP contribution in [0.4, 0.5) is 0 Å². The molecule has 2 rings (SSSR count). The SMILES string of the molecule is CCc1ccc(C(NC)c2ccoc2Br)s1. The van der Waals surface area contributed by atoms with Crippen molar-refractivity contribution in [2.75, 3.05) is 7.05 Å². The monoisotopic (exact) mass is 299 g/mol. The second kappa shape index (κ2) is 5.17. The van der Waals surface area contributed by atoms with Crippen LogP contribution in [0.1, 0.15) is 28.3 Å². The predicted molar refractivity (Wildman–Crippen MR) is 71.0 cm³/mol. The Morgan fingerprint density at radius 3 is 2.75 bits per heavy atom. The summed E-state index contributed by atoms with van der Waals surface area (Å²) in [5.41, 5.74) is 1.15. The number of rotatable bonds is 4. The molecule has 0 aliphatic carbocycles. The summed E-state index contributed by atoms with van der Waals surface area (Å²) in [6.45, 7) is 2.18. The lowest BCUT2D eigenvalue weighted by atomic mass is 10.1. The number of nitrogens with one attached hydrogen (secondary N) is 1. The van der Waals surface area contributed by atoms with E-state index in [0.29, 0.717) is 0 Å². The summed E-state index contributed by atoms with van der Waals surface area (Å²) in [6, 6.07) is 6.58. The average molecular weight is 300 g/mol. The number of aryl methyl sites for hydroxylation is 1. The summed E-state index contributed by atoms with van der Waals surface area (Å²) in [6.07, 6.45) is 2.80. The van der Waals surface area contributed by atoms with Crippen molar-refractivity contribution in [3.63, 3.8) is 0 Å². The molecule has 2 aromatic heterocycles. The normalized spacial score (nSPS) is 12.9. The van der Waals surface area contributed by atoms with Gasteiger partial charge in [-0.05, 0) is 47.6 Å². The molecule has 2 aromatic rings. The first kappa shape index (κ1) is 11.9. The van der Waals surface area contributed by atoms with Crippen LogP contribution < -0.4 is 5.32 Å². The molecule has 1 N–H and O–H groups in total. The summed E-state index contributed by atoms with van der Waals surface area (Å²) >= 11 is 5.27. The van der Waals surface area contributed by atoms with Gasteiger partial charge in [0.1, 0.15) is 0 Å². The molecule has 4 heteroatoms. The van der Waals surface area contributed by atoms with E-state index in [4.69, 9.17) is 4.42 Å². The largest absolute Gasteiger partial charge is 0.457 e. The van der Waals surface area contributed by atoms with E-state index in [-0.39, 0.29) is 6.04 Å². The zero-order valence-electron chi connectivity index (χ0n) is 9.29. The van der Waals surface area contributed by atoms with Gasteiger partial charge in [0.15, 0.2) is 4.67 Å². The maximum Gasteiger partial charge on any atom is 0.174 e. The van der Waals surface area contributed by atoms with Crippen LogP contribution in [0.15, 0.2) is 33.5 Å². The van der Waals surface area contributed by atoms with Crippen molar-refractivity contribution in [3.8, 4) is 0 Å². The van der Waals surface area contributed by atoms with Crippen molar-refractivity contribution in [1.82, 2.24) is 5.32 Å². The summed E-state index contributed by atoms with van der Waals surface area (Å²) < 4.78 is 6.09. The minimum atomic E-state index is 0.207. The molecule has 2 heterocycles. The number of hydrogen-bond acceptors (Lipinski definition) is 3. The maximum atomic E-state index is 5.28. The third kappa shape index (κ3) is 2.24. The third-order valence-electron chi connectivity index (χ3n) is 2.56. The Morgan fingerprint density at radius 1 is 1.44 bits per heavy atom. The van der Waals surface area contributed by atoms with Crippen LogP contribution in [0, 0.1) is 0 Å². The molecule has 0 aromatic carbocycles. The first-order valence-electron chi connectivity index (χ1n) is 5.25. The van der Waals surface area contributed by atoms with Gasteiger partial charge in [0.05, 0.1) is 12.3 Å². The van der Waals surface area contributed by atoms with Crippen LogP contribution in [0.2, 0.25) is 0 Å². The zero-order chi connectivity index (χ0) is 11.5. The van der Waals surface area contributed by atoms with Gasteiger partial charge in [0.2, 0.25) is 0 Å². The van der Waals surface area contributed by atoms with E-state index in [1.807, 2.05) is 24.5 Å². The predicted octanol–water partition coefficient (Wildman–Crippen LogP) is 3.97. The Labute approximate surface area is 108 Å². The molecular formula is C12H14BrNOS. The Bertz CT molecular complexity index is 463. The van der Waals surface area contributed by atoms with Gasteiger partial charge >= 0.3 is 0 Å². The quantitative estimate of drug-likeness (QED) is 0.924. The minimum Gasteiger partial charge on any atom is -0.457 e. The number of hydrogen-bond donors (Lipinski definition) is 1. The molecule has 0 spiro atoms. The van der Waals surface area contributed by atoms with Gasteiger partial charge in [0.25, 0.3) is 0 Å². The van der Waals surface area contributed by atoms with Gasteiger partial charge in [-0.3, -0.25) is 0 Å². The third-order valence-corrected chi connectivity index (χ3v) is 4.50. The van der Waals surface area contributed by atoms with Crippen molar-refractivity contribution < 1.29 is 4.42 Å². The molecular weight excluding hydrogens is 286 g/mol. The number of halogens is 1. The number of furan rings is 1. The van der Waals surface area contributed by atoms with Crippen LogP contribution >= 0.6 is 27.3 Å². The molecule has 0 amide bonds. The van der Waals surface area contributed by atoms with Crippen molar-refractivity contribution in [2.24, 2.45) is 0 Å². The molecule has 0 bridgehead atoms. The Hall–Kier alpha value is -0.580. The molecule has 0 saturated carbocycles. The molecule has 0 radical (unpaired) electrons. The summed E-state index contributed by atoms with van der Waals surface area (Å²) in [5.74, 6) is 0. The number of thiophene rings is 1. The van der Waals surface area contributed by atoms with Crippen LogP contribution in [-0.4, -0.2) is 7.05 Å². The topological polar surface area (TPSA) is 25.2 Å².